The number of hydrogen-bond acceptors (Lipinski definition) is 4. The number of anilines is 1. The molecular formula is C15H13N5O. The minimum Gasteiger partial charge on any atom is -0.321 e. The van der Waals surface area contributed by atoms with Gasteiger partial charge in [-0.05, 0) is 37.3 Å². The van der Waals surface area contributed by atoms with Crippen LogP contribution in [-0.4, -0.2) is 26.1 Å². The first-order chi connectivity index (χ1) is 10.2. The van der Waals surface area contributed by atoms with E-state index in [1.54, 1.807) is 36.8 Å². The largest absolute Gasteiger partial charge is 0.321 e. The average molecular weight is 279 g/mol. The Bertz CT molecular complexity index is 766. The molecule has 0 bridgehead atoms. The lowest BCUT2D eigenvalue weighted by Gasteiger charge is -2.03. The monoisotopic (exact) mass is 279 g/mol. The number of amides is 1. The lowest BCUT2D eigenvalue weighted by atomic mass is 10.2. The highest BCUT2D eigenvalue weighted by Gasteiger charge is 2.11. The molecule has 0 aromatic carbocycles. The summed E-state index contributed by atoms with van der Waals surface area (Å²) >= 11 is 0. The van der Waals surface area contributed by atoms with Gasteiger partial charge in [-0.25, -0.2) is 0 Å². The molecule has 0 saturated heterocycles. The lowest BCUT2D eigenvalue weighted by Crippen LogP contribution is -2.12. The van der Waals surface area contributed by atoms with E-state index in [1.807, 2.05) is 19.1 Å². The van der Waals surface area contributed by atoms with E-state index in [0.29, 0.717) is 17.1 Å². The molecule has 0 saturated carbocycles. The number of aryl methyl sites for hydroxylation is 1. The van der Waals surface area contributed by atoms with Crippen LogP contribution in [0.4, 0.5) is 5.69 Å². The summed E-state index contributed by atoms with van der Waals surface area (Å²) < 4.78 is 0. The number of carbonyl (C=O) groups excluding carboxylic acids is 1. The number of nitrogens with zero attached hydrogens (tertiary/aromatic N) is 3. The van der Waals surface area contributed by atoms with E-state index in [4.69, 9.17) is 0 Å². The fraction of sp³-hybridized carbons (Fsp3) is 0.0667. The molecule has 0 spiro atoms. The lowest BCUT2D eigenvalue weighted by molar-refractivity contribution is 0.102. The summed E-state index contributed by atoms with van der Waals surface area (Å²) in [7, 11) is 0. The minimum atomic E-state index is -0.247. The zero-order chi connectivity index (χ0) is 14.7. The van der Waals surface area contributed by atoms with Crippen molar-refractivity contribution in [2.24, 2.45) is 0 Å². The highest BCUT2D eigenvalue weighted by molar-refractivity contribution is 6.03. The molecule has 1 amide bonds. The van der Waals surface area contributed by atoms with Gasteiger partial charge in [0.1, 0.15) is 5.69 Å². The Kier molecular flexibility index (Phi) is 3.42. The smallest absolute Gasteiger partial charge is 0.273 e. The normalized spacial score (nSPS) is 10.3. The maximum absolute atomic E-state index is 12.2. The molecule has 0 fully saturated rings. The van der Waals surface area contributed by atoms with E-state index in [9.17, 15) is 4.79 Å². The number of rotatable bonds is 3. The van der Waals surface area contributed by atoms with Gasteiger partial charge in [-0.15, -0.1) is 0 Å². The maximum Gasteiger partial charge on any atom is 0.273 e. The number of pyridine rings is 2. The average Bonchev–Trinajstić information content (AvgIpc) is 2.98. The molecule has 2 N–H and O–H groups in total. The fourth-order valence-electron chi connectivity index (χ4n) is 1.92. The number of aromatic nitrogens is 4. The fourth-order valence-corrected chi connectivity index (χ4v) is 1.92. The van der Waals surface area contributed by atoms with E-state index in [2.05, 4.69) is 25.5 Å². The molecule has 6 nitrogen and oxygen atoms in total. The minimum absolute atomic E-state index is 0.247. The van der Waals surface area contributed by atoms with Crippen molar-refractivity contribution in [3.8, 4) is 11.3 Å². The first-order valence-corrected chi connectivity index (χ1v) is 6.42. The van der Waals surface area contributed by atoms with Gasteiger partial charge in [-0.3, -0.25) is 19.9 Å². The first kappa shape index (κ1) is 13.0. The Morgan fingerprint density at radius 3 is 2.90 bits per heavy atom. The van der Waals surface area contributed by atoms with Crippen LogP contribution < -0.4 is 5.32 Å². The second-order valence-corrected chi connectivity index (χ2v) is 4.55. The molecule has 0 aliphatic carbocycles. The molecular weight excluding hydrogens is 266 g/mol. The Morgan fingerprint density at radius 2 is 2.14 bits per heavy atom. The van der Waals surface area contributed by atoms with Crippen molar-refractivity contribution >= 4 is 11.6 Å². The number of H-pyrrole nitrogens is 1. The van der Waals surface area contributed by atoms with Crippen LogP contribution >= 0.6 is 0 Å². The second-order valence-electron chi connectivity index (χ2n) is 4.55. The van der Waals surface area contributed by atoms with Crippen molar-refractivity contribution in [3.05, 3.63) is 60.3 Å². The van der Waals surface area contributed by atoms with Crippen molar-refractivity contribution in [1.29, 1.82) is 0 Å². The van der Waals surface area contributed by atoms with Crippen LogP contribution in [0.5, 0.6) is 0 Å². The predicted molar refractivity (Wildman–Crippen MR) is 78.7 cm³/mol. The maximum atomic E-state index is 12.2. The van der Waals surface area contributed by atoms with Crippen LogP contribution in [0.3, 0.4) is 0 Å². The van der Waals surface area contributed by atoms with Crippen LogP contribution in [0.1, 0.15) is 16.2 Å². The standard InChI is InChI=1S/C15H13N5O/c1-10-7-12(4-6-17-10)18-15(21)14-8-13(19-20-14)11-3-2-5-16-9-11/h2-9H,1H3,(H,19,20)(H,17,18,21). The van der Waals surface area contributed by atoms with Crippen LogP contribution in [0, 0.1) is 6.92 Å². The molecule has 3 aromatic heterocycles. The van der Waals surface area contributed by atoms with Gasteiger partial charge in [0.05, 0.1) is 5.69 Å². The first-order valence-electron chi connectivity index (χ1n) is 6.42. The summed E-state index contributed by atoms with van der Waals surface area (Å²) in [5.74, 6) is -0.247. The Balaban J connectivity index is 1.78. The topological polar surface area (TPSA) is 83.6 Å². The van der Waals surface area contributed by atoms with Crippen LogP contribution in [0.15, 0.2) is 48.9 Å². The third-order valence-electron chi connectivity index (χ3n) is 2.93. The molecule has 21 heavy (non-hydrogen) atoms. The molecule has 6 heteroatoms. The second kappa shape index (κ2) is 5.54. The zero-order valence-corrected chi connectivity index (χ0v) is 11.4. The van der Waals surface area contributed by atoms with E-state index in [-0.39, 0.29) is 5.91 Å². The molecule has 0 unspecified atom stereocenters. The molecule has 0 radical (unpaired) electrons. The van der Waals surface area contributed by atoms with Crippen molar-refractivity contribution in [3.63, 3.8) is 0 Å². The quantitative estimate of drug-likeness (QED) is 0.771. The summed E-state index contributed by atoms with van der Waals surface area (Å²) in [6, 6.07) is 8.95. The molecule has 104 valence electrons. The molecule has 3 rings (SSSR count). The van der Waals surface area contributed by atoms with Gasteiger partial charge in [-0.2, -0.15) is 5.10 Å². The molecule has 0 atom stereocenters. The Labute approximate surface area is 121 Å². The summed E-state index contributed by atoms with van der Waals surface area (Å²) in [6.07, 6.45) is 5.04. The SMILES string of the molecule is Cc1cc(NC(=O)c2cc(-c3cccnc3)n[nH]2)ccn1. The predicted octanol–water partition coefficient (Wildman–Crippen LogP) is 2.43. The number of nitrogens with one attached hydrogen (secondary N) is 2. The zero-order valence-electron chi connectivity index (χ0n) is 11.4. The van der Waals surface area contributed by atoms with Gasteiger partial charge in [0.2, 0.25) is 0 Å². The van der Waals surface area contributed by atoms with E-state index in [1.165, 1.54) is 0 Å². The summed E-state index contributed by atoms with van der Waals surface area (Å²) in [5.41, 5.74) is 3.47. The highest BCUT2D eigenvalue weighted by Crippen LogP contribution is 2.16. The Morgan fingerprint density at radius 1 is 1.24 bits per heavy atom. The van der Waals surface area contributed by atoms with Gasteiger partial charge in [0.15, 0.2) is 0 Å². The Hall–Kier alpha value is -3.02. The summed E-state index contributed by atoms with van der Waals surface area (Å²) in [5, 5.41) is 9.66. The van der Waals surface area contributed by atoms with Crippen molar-refractivity contribution < 1.29 is 4.79 Å². The number of carbonyl (C=O) groups is 1. The van der Waals surface area contributed by atoms with E-state index < -0.39 is 0 Å². The van der Waals surface area contributed by atoms with Gasteiger partial charge >= 0.3 is 0 Å². The summed E-state index contributed by atoms with van der Waals surface area (Å²) in [4.78, 5) is 20.3. The molecule has 3 heterocycles. The number of hydrogen-bond donors (Lipinski definition) is 2. The van der Waals surface area contributed by atoms with Gasteiger partial charge < -0.3 is 5.32 Å². The van der Waals surface area contributed by atoms with Gasteiger partial charge in [-0.1, -0.05) is 0 Å². The van der Waals surface area contributed by atoms with Crippen LogP contribution in [-0.2, 0) is 0 Å². The van der Waals surface area contributed by atoms with Crippen molar-refractivity contribution in [1.82, 2.24) is 20.2 Å². The van der Waals surface area contributed by atoms with E-state index >= 15 is 0 Å². The molecule has 0 aliphatic rings. The van der Waals surface area contributed by atoms with Gasteiger partial charge in [0.25, 0.3) is 5.91 Å². The van der Waals surface area contributed by atoms with E-state index in [0.717, 1.165) is 11.3 Å². The van der Waals surface area contributed by atoms with Gasteiger partial charge in [0, 0.05) is 35.5 Å². The third kappa shape index (κ3) is 2.94. The van der Waals surface area contributed by atoms with Crippen LogP contribution in [0.2, 0.25) is 0 Å². The number of aromatic amines is 1. The van der Waals surface area contributed by atoms with Crippen LogP contribution in [0.25, 0.3) is 11.3 Å². The third-order valence-corrected chi connectivity index (χ3v) is 2.93. The summed E-state index contributed by atoms with van der Waals surface area (Å²) in [6.45, 7) is 1.87. The molecule has 3 aromatic rings. The molecule has 0 aliphatic heterocycles. The highest BCUT2D eigenvalue weighted by atomic mass is 16.1. The van der Waals surface area contributed by atoms with Crippen molar-refractivity contribution in [2.45, 2.75) is 6.92 Å². The van der Waals surface area contributed by atoms with Crippen molar-refractivity contribution in [2.75, 3.05) is 5.32 Å².